The van der Waals surface area contributed by atoms with E-state index in [1.54, 1.807) is 6.07 Å². The largest absolute Gasteiger partial charge is 0.504 e. The third kappa shape index (κ3) is 6.98. The highest BCUT2D eigenvalue weighted by molar-refractivity contribution is 5.90. The number of piperidine rings is 1. The Kier molecular flexibility index (Phi) is 10.8. The summed E-state index contributed by atoms with van der Waals surface area (Å²) in [6.45, 7) is 6.42. The molecule has 49 heavy (non-hydrogen) atoms. The first-order chi connectivity index (χ1) is 22.8. The first kappa shape index (κ1) is 37.3. The molecule has 16 heteroatoms. The van der Waals surface area contributed by atoms with E-state index < -0.39 is 96.2 Å². The fourth-order valence-corrected chi connectivity index (χ4v) is 6.92. The summed E-state index contributed by atoms with van der Waals surface area (Å²) in [5.74, 6) is -9.36. The van der Waals surface area contributed by atoms with Gasteiger partial charge in [-0.1, -0.05) is 6.07 Å². The van der Waals surface area contributed by atoms with E-state index in [1.807, 2.05) is 25.8 Å². The minimum absolute atomic E-state index is 0.0190. The predicted molar refractivity (Wildman–Crippen MR) is 164 cm³/mol. The van der Waals surface area contributed by atoms with Gasteiger partial charge >= 0.3 is 29.8 Å². The number of rotatable bonds is 13. The number of aromatic hydroxyl groups is 1. The Balaban J connectivity index is 1.57. The summed E-state index contributed by atoms with van der Waals surface area (Å²) in [6.07, 6.45) is -7.01. The van der Waals surface area contributed by atoms with Gasteiger partial charge in [-0.05, 0) is 65.4 Å². The molecule has 0 amide bonds. The molecule has 2 aliphatic heterocycles. The minimum Gasteiger partial charge on any atom is -0.504 e. The summed E-state index contributed by atoms with van der Waals surface area (Å²) in [5, 5.41) is 50.9. The molecule has 8 atom stereocenters. The third-order valence-corrected chi connectivity index (χ3v) is 9.74. The normalized spacial score (nSPS) is 26.6. The number of phenols is 1. The van der Waals surface area contributed by atoms with Crippen LogP contribution in [0.1, 0.15) is 64.0 Å². The van der Waals surface area contributed by atoms with Crippen LogP contribution in [0.5, 0.6) is 11.5 Å². The second-order valence-corrected chi connectivity index (χ2v) is 12.9. The van der Waals surface area contributed by atoms with E-state index in [2.05, 4.69) is 4.74 Å². The number of carboxylic acid groups (broad SMARTS) is 2. The second kappa shape index (κ2) is 14.1. The number of benzene rings is 1. The van der Waals surface area contributed by atoms with Crippen LogP contribution in [0.3, 0.4) is 0 Å². The summed E-state index contributed by atoms with van der Waals surface area (Å²) < 4.78 is 21.7. The summed E-state index contributed by atoms with van der Waals surface area (Å²) in [6, 6.07) is 2.81. The molecule has 4 rings (SSSR count). The number of fused-ring (bicyclic) bond motifs is 1. The van der Waals surface area contributed by atoms with E-state index in [4.69, 9.17) is 24.4 Å². The lowest BCUT2D eigenvalue weighted by Crippen LogP contribution is -2.71. The predicted octanol–water partition coefficient (Wildman–Crippen LogP) is 0.734. The van der Waals surface area contributed by atoms with E-state index in [9.17, 15) is 44.1 Å². The number of ether oxygens (including phenoxy) is 4. The fraction of sp³-hybridized carbons (Fsp3) is 0.576. The molecule has 2 heterocycles. The van der Waals surface area contributed by atoms with Gasteiger partial charge in [-0.15, -0.1) is 0 Å². The van der Waals surface area contributed by atoms with Crippen LogP contribution in [0.4, 0.5) is 0 Å². The lowest BCUT2D eigenvalue weighted by molar-refractivity contribution is -0.179. The molecule has 0 saturated carbocycles. The van der Waals surface area contributed by atoms with Gasteiger partial charge in [-0.2, -0.15) is 0 Å². The molecule has 1 aromatic rings. The molecule has 1 fully saturated rings. The van der Waals surface area contributed by atoms with Crippen LogP contribution >= 0.6 is 0 Å². The van der Waals surface area contributed by atoms with Crippen LogP contribution in [0.25, 0.3) is 0 Å². The maximum atomic E-state index is 13.4. The van der Waals surface area contributed by atoms with E-state index in [-0.39, 0.29) is 29.7 Å². The maximum absolute atomic E-state index is 13.4. The van der Waals surface area contributed by atoms with E-state index in [0.717, 1.165) is 19.4 Å². The number of aliphatic carboxylic acids is 2. The highest BCUT2D eigenvalue weighted by Crippen LogP contribution is 2.62. The average Bonchev–Trinajstić information content (AvgIpc) is 3.39. The zero-order chi connectivity index (χ0) is 36.6. The smallest absolute Gasteiger partial charge is 0.348 e. The molecule has 3 aliphatic rings. The Bertz CT molecular complexity index is 1570. The third-order valence-electron chi connectivity index (χ3n) is 9.74. The molecule has 0 radical (unpaired) electrons. The second-order valence-electron chi connectivity index (χ2n) is 12.9. The van der Waals surface area contributed by atoms with Crippen molar-refractivity contribution in [3.63, 3.8) is 0 Å². The van der Waals surface area contributed by atoms with Crippen molar-refractivity contribution in [2.75, 3.05) is 13.6 Å². The Morgan fingerprint density at radius 3 is 2.33 bits per heavy atom. The zero-order valence-corrected chi connectivity index (χ0v) is 27.7. The van der Waals surface area contributed by atoms with E-state index in [1.165, 1.54) is 12.1 Å². The van der Waals surface area contributed by atoms with Crippen LogP contribution in [-0.2, 0) is 48.4 Å². The molecule has 1 spiro atoms. The van der Waals surface area contributed by atoms with Crippen molar-refractivity contribution in [2.24, 2.45) is 5.92 Å². The van der Waals surface area contributed by atoms with Crippen LogP contribution in [-0.4, -0.2) is 116 Å². The van der Waals surface area contributed by atoms with Crippen LogP contribution in [0.2, 0.25) is 0 Å². The molecule has 268 valence electrons. The molecule has 0 unspecified atom stereocenters. The number of likely N-dealkylation sites (tertiary alicyclic amines) is 1. The van der Waals surface area contributed by atoms with Crippen molar-refractivity contribution >= 4 is 35.6 Å². The molecule has 16 nitrogen and oxygen atoms in total. The van der Waals surface area contributed by atoms with Crippen molar-refractivity contribution in [1.82, 2.24) is 4.90 Å². The van der Waals surface area contributed by atoms with E-state index >= 15 is 0 Å². The first-order valence-corrected chi connectivity index (χ1v) is 15.7. The lowest BCUT2D eigenvalue weighted by Gasteiger charge is -2.58. The highest BCUT2D eigenvalue weighted by Gasteiger charge is 2.69. The molecular formula is C33H41NO15. The monoisotopic (exact) mass is 691 g/mol. The number of Topliss-reactive ketones (excluding diaryl/α,β-unsaturated/α-hetero) is 1. The molecule has 1 aromatic carbocycles. The Morgan fingerprint density at radius 2 is 1.71 bits per heavy atom. The van der Waals surface area contributed by atoms with Gasteiger partial charge < -0.3 is 49.4 Å². The Hall–Kier alpha value is -4.54. The summed E-state index contributed by atoms with van der Waals surface area (Å²) in [4.78, 5) is 75.7. The molecule has 0 bridgehead atoms. The van der Waals surface area contributed by atoms with Crippen LogP contribution < -0.4 is 4.74 Å². The van der Waals surface area contributed by atoms with Crippen molar-refractivity contribution in [3.8, 4) is 11.5 Å². The van der Waals surface area contributed by atoms with Crippen LogP contribution in [0.15, 0.2) is 24.0 Å². The number of aryl methyl sites for hydroxylation is 1. The van der Waals surface area contributed by atoms with Gasteiger partial charge in [0.05, 0.1) is 29.8 Å². The van der Waals surface area contributed by atoms with E-state index in [0.29, 0.717) is 18.5 Å². The number of hydrogen-bond acceptors (Lipinski definition) is 14. The number of phenolic OH excluding ortho intramolecular Hbond substituents is 1. The van der Waals surface area contributed by atoms with Gasteiger partial charge in [0.2, 0.25) is 6.10 Å². The Labute approximate surface area is 281 Å². The van der Waals surface area contributed by atoms with Gasteiger partial charge in [0.1, 0.15) is 11.9 Å². The highest BCUT2D eigenvalue weighted by atomic mass is 16.6. The van der Waals surface area contributed by atoms with Crippen molar-refractivity contribution in [3.05, 3.63) is 35.1 Å². The number of nitrogens with zero attached hydrogens (tertiary/aromatic N) is 1. The van der Waals surface area contributed by atoms with Crippen LogP contribution in [0, 0.1) is 12.8 Å². The van der Waals surface area contributed by atoms with Crippen molar-refractivity contribution < 1.29 is 73.2 Å². The molecular weight excluding hydrogens is 650 g/mol. The average molecular weight is 692 g/mol. The van der Waals surface area contributed by atoms with Gasteiger partial charge in [0, 0.05) is 24.4 Å². The summed E-state index contributed by atoms with van der Waals surface area (Å²) in [7, 11) is 1.88. The fourth-order valence-electron chi connectivity index (χ4n) is 6.92. The van der Waals surface area contributed by atoms with Crippen molar-refractivity contribution in [1.29, 1.82) is 0 Å². The number of hydrogen-bond donors (Lipinski definition) is 5. The molecule has 5 N–H and O–H groups in total. The summed E-state index contributed by atoms with van der Waals surface area (Å²) in [5.41, 5.74) is -1.19. The molecule has 1 aliphatic carbocycles. The number of esters is 3. The molecule has 0 aromatic heterocycles. The standard InChI is InChI=1S/C33H41NO15/c1-15-6-7-20(36)27-26(15)32-10-11-34(5)18(4)33(32,45)9-8-22(28(32)49-27)47-25(40)13-19(12-21(37)16(2)35)31(44)46-17(3)30(43)48-23(29(41)42)14-24(38)39/h6-8,16-19,23,28,35-36,45H,9-14H2,1-5H3,(H,38,39)(H,41,42)/t16-,17-,18+,19-,23+,28-,32-,33+/m0/s1. The summed E-state index contributed by atoms with van der Waals surface area (Å²) >= 11 is 0. The number of aliphatic hydroxyl groups is 2. The zero-order valence-electron chi connectivity index (χ0n) is 27.7. The Morgan fingerprint density at radius 1 is 1.04 bits per heavy atom. The number of carboxylic acids is 2. The quantitative estimate of drug-likeness (QED) is 0.141. The molecule has 1 saturated heterocycles. The number of aliphatic hydroxyl groups excluding tert-OH is 1. The van der Waals surface area contributed by atoms with Crippen molar-refractivity contribution in [2.45, 2.75) is 101 Å². The minimum atomic E-state index is -2.07. The van der Waals surface area contributed by atoms with Gasteiger partial charge in [0.25, 0.3) is 0 Å². The van der Waals surface area contributed by atoms with Gasteiger partial charge in [-0.3, -0.25) is 19.2 Å². The topological polar surface area (TPSA) is 244 Å². The van der Waals surface area contributed by atoms with Gasteiger partial charge in [0.15, 0.2) is 29.5 Å². The number of likely N-dealkylation sites (N-methyl/N-ethyl adjacent to an activating group) is 1. The van der Waals surface area contributed by atoms with Gasteiger partial charge in [-0.25, -0.2) is 9.59 Å². The number of carbonyl (C=O) groups excluding carboxylic acids is 4. The number of ketones is 1. The lowest BCUT2D eigenvalue weighted by atomic mass is 9.54. The maximum Gasteiger partial charge on any atom is 0.348 e. The number of carbonyl (C=O) groups is 6. The SMILES string of the molecule is Cc1ccc(O)c2c1[C@]13CCN(C)[C@H](C)[C@]1(O)CC=C(OC(=O)C[C@H](CC(=O)[C@H](C)O)C(=O)O[C@@H](C)C(=O)O[C@H](CC(=O)O)C(=O)O)[C@@H]3O2. The first-order valence-electron chi connectivity index (χ1n) is 15.7.